The second-order valence-corrected chi connectivity index (χ2v) is 7.27. The van der Waals surface area contributed by atoms with Gasteiger partial charge in [0.1, 0.15) is 0 Å². The lowest BCUT2D eigenvalue weighted by Crippen LogP contribution is -2.25. The number of rotatable bonds is 7. The highest BCUT2D eigenvalue weighted by atomic mass is 32.2. The number of aromatic amines is 1. The largest absolute Gasteiger partial charge is 0.351 e. The molecule has 0 aliphatic carbocycles. The molecule has 0 saturated carbocycles. The van der Waals surface area contributed by atoms with Gasteiger partial charge in [-0.1, -0.05) is 0 Å². The number of aromatic nitrogens is 4. The Labute approximate surface area is 157 Å². The maximum atomic E-state index is 12.2. The third kappa shape index (κ3) is 4.35. The molecule has 0 atom stereocenters. The van der Waals surface area contributed by atoms with Gasteiger partial charge in [-0.15, -0.1) is 0 Å². The lowest BCUT2D eigenvalue weighted by molar-refractivity contribution is 0.0956. The summed E-state index contributed by atoms with van der Waals surface area (Å²) in [5.41, 5.74) is 5.83. The molecule has 3 rings (SSSR count). The van der Waals surface area contributed by atoms with E-state index in [4.69, 9.17) is 0 Å². The molecule has 0 bridgehead atoms. The van der Waals surface area contributed by atoms with Gasteiger partial charge < -0.3 is 10.3 Å². The monoisotopic (exact) mass is 369 g/mol. The molecule has 0 aliphatic rings. The van der Waals surface area contributed by atoms with Crippen LogP contribution in [0.4, 0.5) is 0 Å². The van der Waals surface area contributed by atoms with Gasteiger partial charge >= 0.3 is 0 Å². The molecule has 0 fully saturated rings. The first kappa shape index (κ1) is 18.3. The molecule has 2 N–H and O–H groups in total. The molecule has 7 heteroatoms. The fourth-order valence-corrected chi connectivity index (χ4v) is 3.56. The van der Waals surface area contributed by atoms with E-state index in [2.05, 4.69) is 20.4 Å². The van der Waals surface area contributed by atoms with Crippen molar-refractivity contribution in [2.45, 2.75) is 26.5 Å². The number of thioether (sulfide) groups is 1. The highest BCUT2D eigenvalue weighted by molar-refractivity contribution is 7.98. The fourth-order valence-electron chi connectivity index (χ4n) is 2.68. The second kappa shape index (κ2) is 8.23. The third-order valence-corrected chi connectivity index (χ3v) is 5.06. The first-order valence-electron chi connectivity index (χ1n) is 8.53. The van der Waals surface area contributed by atoms with Crippen LogP contribution in [0.5, 0.6) is 0 Å². The molecule has 0 spiro atoms. The van der Waals surface area contributed by atoms with Crippen molar-refractivity contribution >= 4 is 17.7 Å². The lowest BCUT2D eigenvalue weighted by atomic mass is 10.2. The molecular formula is C19H23N5OS. The maximum Gasteiger partial charge on any atom is 0.251 e. The van der Waals surface area contributed by atoms with Crippen molar-refractivity contribution in [3.63, 3.8) is 0 Å². The molecule has 0 aliphatic heterocycles. The van der Waals surface area contributed by atoms with Gasteiger partial charge in [-0.25, -0.2) is 9.67 Å². The van der Waals surface area contributed by atoms with Crippen LogP contribution in [0.25, 0.3) is 5.69 Å². The average molecular weight is 369 g/mol. The predicted octanol–water partition coefficient (Wildman–Crippen LogP) is 3.18. The Hall–Kier alpha value is -2.54. The van der Waals surface area contributed by atoms with Crippen molar-refractivity contribution < 1.29 is 4.79 Å². The van der Waals surface area contributed by atoms with Crippen LogP contribution in [-0.2, 0) is 5.75 Å². The molecule has 26 heavy (non-hydrogen) atoms. The SMILES string of the molecule is Cc1cc(C)n(-c2ccc(C(=O)NCCSCc3nc[nH]c3C)cc2)n1. The van der Waals surface area contributed by atoms with Crippen LogP contribution in [0.2, 0.25) is 0 Å². The van der Waals surface area contributed by atoms with E-state index in [-0.39, 0.29) is 5.91 Å². The lowest BCUT2D eigenvalue weighted by Gasteiger charge is -2.07. The standard InChI is InChI=1S/C19H23N5OS/c1-13-10-14(2)24(23-13)17-6-4-16(5-7-17)19(25)20-8-9-26-11-18-15(3)21-12-22-18/h4-7,10,12H,8-9,11H2,1-3H3,(H,20,25)(H,21,22). The zero-order chi connectivity index (χ0) is 18.5. The van der Waals surface area contributed by atoms with E-state index in [1.165, 1.54) is 0 Å². The van der Waals surface area contributed by atoms with Gasteiger partial charge in [0.2, 0.25) is 0 Å². The molecule has 0 unspecified atom stereocenters. The minimum absolute atomic E-state index is 0.0542. The number of H-pyrrole nitrogens is 1. The first-order valence-corrected chi connectivity index (χ1v) is 9.68. The molecular weight excluding hydrogens is 346 g/mol. The highest BCUT2D eigenvalue weighted by Gasteiger charge is 2.08. The van der Waals surface area contributed by atoms with Crippen LogP contribution in [-0.4, -0.2) is 38.0 Å². The number of imidazole rings is 1. The number of aryl methyl sites for hydroxylation is 3. The van der Waals surface area contributed by atoms with Gasteiger partial charge in [0, 0.05) is 35.0 Å². The number of benzene rings is 1. The normalized spacial score (nSPS) is 10.9. The molecule has 2 heterocycles. The summed E-state index contributed by atoms with van der Waals surface area (Å²) in [6.45, 7) is 6.63. The van der Waals surface area contributed by atoms with Crippen molar-refractivity contribution in [3.05, 3.63) is 65.0 Å². The fraction of sp³-hybridized carbons (Fsp3) is 0.316. The average Bonchev–Trinajstić information content (AvgIpc) is 3.19. The Morgan fingerprint density at radius 1 is 1.23 bits per heavy atom. The van der Waals surface area contributed by atoms with Gasteiger partial charge in [-0.3, -0.25) is 4.79 Å². The van der Waals surface area contributed by atoms with Gasteiger partial charge in [0.15, 0.2) is 0 Å². The van der Waals surface area contributed by atoms with E-state index < -0.39 is 0 Å². The summed E-state index contributed by atoms with van der Waals surface area (Å²) < 4.78 is 1.88. The minimum atomic E-state index is -0.0542. The van der Waals surface area contributed by atoms with Crippen molar-refractivity contribution in [3.8, 4) is 5.69 Å². The molecule has 0 saturated heterocycles. The maximum absolute atomic E-state index is 12.2. The van der Waals surface area contributed by atoms with E-state index >= 15 is 0 Å². The number of amides is 1. The number of nitrogens with one attached hydrogen (secondary N) is 2. The Morgan fingerprint density at radius 3 is 2.62 bits per heavy atom. The summed E-state index contributed by atoms with van der Waals surface area (Å²) in [7, 11) is 0. The third-order valence-electron chi connectivity index (χ3n) is 4.09. The van der Waals surface area contributed by atoms with Gasteiger partial charge in [-0.05, 0) is 51.1 Å². The molecule has 1 amide bonds. The van der Waals surface area contributed by atoms with Gasteiger partial charge in [0.25, 0.3) is 5.91 Å². The summed E-state index contributed by atoms with van der Waals surface area (Å²) in [6.07, 6.45) is 1.71. The van der Waals surface area contributed by atoms with E-state index in [0.29, 0.717) is 12.1 Å². The summed E-state index contributed by atoms with van der Waals surface area (Å²) in [4.78, 5) is 19.6. The second-order valence-electron chi connectivity index (χ2n) is 6.17. The zero-order valence-electron chi connectivity index (χ0n) is 15.2. The molecule has 136 valence electrons. The van der Waals surface area contributed by atoms with Gasteiger partial charge in [0.05, 0.1) is 23.4 Å². The van der Waals surface area contributed by atoms with Crippen molar-refractivity contribution in [2.24, 2.45) is 0 Å². The number of hydrogen-bond acceptors (Lipinski definition) is 4. The summed E-state index contributed by atoms with van der Waals surface area (Å²) in [6, 6.07) is 9.54. The Kier molecular flexibility index (Phi) is 5.78. The summed E-state index contributed by atoms with van der Waals surface area (Å²) >= 11 is 1.76. The van der Waals surface area contributed by atoms with E-state index in [1.807, 2.05) is 55.8 Å². The number of hydrogen-bond donors (Lipinski definition) is 2. The zero-order valence-corrected chi connectivity index (χ0v) is 16.1. The van der Waals surface area contributed by atoms with Crippen LogP contribution < -0.4 is 5.32 Å². The van der Waals surface area contributed by atoms with Crippen LogP contribution in [0.15, 0.2) is 36.7 Å². The number of carbonyl (C=O) groups is 1. The van der Waals surface area contributed by atoms with Crippen LogP contribution in [0.1, 0.15) is 33.1 Å². The Morgan fingerprint density at radius 2 is 2.00 bits per heavy atom. The van der Waals surface area contributed by atoms with Crippen LogP contribution in [0.3, 0.4) is 0 Å². The topological polar surface area (TPSA) is 75.6 Å². The van der Waals surface area contributed by atoms with E-state index in [1.54, 1.807) is 18.1 Å². The Balaban J connectivity index is 1.47. The highest BCUT2D eigenvalue weighted by Crippen LogP contribution is 2.14. The van der Waals surface area contributed by atoms with Crippen molar-refractivity contribution in [1.82, 2.24) is 25.1 Å². The van der Waals surface area contributed by atoms with Crippen LogP contribution >= 0.6 is 11.8 Å². The van der Waals surface area contributed by atoms with E-state index in [0.717, 1.165) is 40.0 Å². The molecule has 0 radical (unpaired) electrons. The molecule has 2 aromatic heterocycles. The van der Waals surface area contributed by atoms with Gasteiger partial charge in [-0.2, -0.15) is 16.9 Å². The first-order chi connectivity index (χ1) is 12.5. The van der Waals surface area contributed by atoms with Crippen LogP contribution in [0, 0.1) is 20.8 Å². The van der Waals surface area contributed by atoms with E-state index in [9.17, 15) is 4.79 Å². The number of nitrogens with zero attached hydrogens (tertiary/aromatic N) is 3. The molecule has 3 aromatic rings. The summed E-state index contributed by atoms with van der Waals surface area (Å²) in [5.74, 6) is 1.64. The smallest absolute Gasteiger partial charge is 0.251 e. The molecule has 1 aromatic carbocycles. The quantitative estimate of drug-likeness (QED) is 0.627. The minimum Gasteiger partial charge on any atom is -0.351 e. The summed E-state index contributed by atoms with van der Waals surface area (Å²) in [5, 5.41) is 7.42. The van der Waals surface area contributed by atoms with Crippen molar-refractivity contribution in [1.29, 1.82) is 0 Å². The number of carbonyl (C=O) groups excluding carboxylic acids is 1. The Bertz CT molecular complexity index is 882. The predicted molar refractivity (Wildman–Crippen MR) is 105 cm³/mol. The molecule has 6 nitrogen and oxygen atoms in total. The van der Waals surface area contributed by atoms with Crippen molar-refractivity contribution in [2.75, 3.05) is 12.3 Å².